The zero-order chi connectivity index (χ0) is 74.0. The zero-order valence-corrected chi connectivity index (χ0v) is 56.4. The number of carbonyl (C=O) groups excluding carboxylic acids is 13. The molecule has 37 nitrogen and oxygen atoms in total. The first-order valence-electron chi connectivity index (χ1n) is 32.4. The van der Waals surface area contributed by atoms with Gasteiger partial charge in [-0.1, -0.05) is 60.7 Å². The van der Waals surface area contributed by atoms with Gasteiger partial charge < -0.3 is 119 Å². The zero-order valence-electron chi connectivity index (χ0n) is 56.4. The van der Waals surface area contributed by atoms with Crippen LogP contribution in [-0.4, -0.2) is 218 Å². The van der Waals surface area contributed by atoms with E-state index in [1.807, 2.05) is 37.3 Å². The summed E-state index contributed by atoms with van der Waals surface area (Å²) in [4.78, 5) is 181. The number of carbonyl (C=O) groups is 13. The van der Waals surface area contributed by atoms with Crippen molar-refractivity contribution >= 4 is 88.7 Å². The highest BCUT2D eigenvalue weighted by molar-refractivity contribution is 5.99. The van der Waals surface area contributed by atoms with Gasteiger partial charge in [-0.2, -0.15) is 0 Å². The number of rotatable bonds is 48. The monoisotopic (exact) mass is 1390 g/mol. The van der Waals surface area contributed by atoms with Crippen molar-refractivity contribution in [2.45, 2.75) is 165 Å². The fraction of sp³-hybridized carbons (Fsp3) is 0.565. The number of guanidine groups is 2. The number of aliphatic hydroxyl groups is 2. The van der Waals surface area contributed by atoms with Crippen LogP contribution < -0.4 is 109 Å². The van der Waals surface area contributed by atoms with E-state index in [0.717, 1.165) is 5.56 Å². The normalized spacial score (nSPS) is 14.2. The van der Waals surface area contributed by atoms with E-state index in [1.54, 1.807) is 30.3 Å². The Bertz CT molecular complexity index is 3010. The highest BCUT2D eigenvalue weighted by atomic mass is 16.3. The van der Waals surface area contributed by atoms with Gasteiger partial charge >= 0.3 is 0 Å². The number of hydrogen-bond acceptors (Lipinski definition) is 20. The lowest BCUT2D eigenvalue weighted by molar-refractivity contribution is -0.136. The van der Waals surface area contributed by atoms with E-state index in [0.29, 0.717) is 31.4 Å². The summed E-state index contributed by atoms with van der Waals surface area (Å²) in [5, 5.41) is 53.3. The number of benzene rings is 2. The predicted molar refractivity (Wildman–Crippen MR) is 364 cm³/mol. The molecule has 29 N–H and O–H groups in total. The van der Waals surface area contributed by atoms with Crippen LogP contribution in [0.1, 0.15) is 109 Å². The number of unbranched alkanes of at least 4 members (excludes halogenated alkanes) is 2. The molecule has 0 aliphatic carbocycles. The summed E-state index contributed by atoms with van der Waals surface area (Å²) in [7, 11) is 0. The van der Waals surface area contributed by atoms with E-state index >= 15 is 0 Å². The second-order valence-corrected chi connectivity index (χ2v) is 23.2. The number of aliphatic imine (C=N–C) groups is 2. The summed E-state index contributed by atoms with van der Waals surface area (Å²) < 4.78 is 0. The van der Waals surface area contributed by atoms with Gasteiger partial charge in [0.25, 0.3) is 0 Å². The first-order valence-corrected chi connectivity index (χ1v) is 32.4. The molecule has 0 unspecified atom stereocenters. The molecule has 0 bridgehead atoms. The van der Waals surface area contributed by atoms with Crippen molar-refractivity contribution < 1.29 is 72.5 Å². The lowest BCUT2D eigenvalue weighted by atomic mass is 10.0. The summed E-state index contributed by atoms with van der Waals surface area (Å²) >= 11 is 0. The average Bonchev–Trinajstić information content (AvgIpc) is 0.949. The lowest BCUT2D eigenvalue weighted by Crippen LogP contribution is -2.60. The second kappa shape index (κ2) is 46.9. The molecule has 2 aromatic rings. The van der Waals surface area contributed by atoms with Gasteiger partial charge in [0.15, 0.2) is 11.9 Å². The molecular weight excluding hydrogens is 1290 g/mol. The molecule has 13 amide bonds. The van der Waals surface area contributed by atoms with Gasteiger partial charge in [0.2, 0.25) is 76.8 Å². The number of nitrogens with one attached hydrogen (secondary N) is 13. The molecule has 99 heavy (non-hydrogen) atoms. The number of amides is 13. The molecule has 0 spiro atoms. The predicted octanol–water partition coefficient (Wildman–Crippen LogP) is -8.44. The topological polar surface area (TPSA) is 626 Å². The van der Waals surface area contributed by atoms with Crippen molar-refractivity contribution in [2.24, 2.45) is 50.1 Å². The summed E-state index contributed by atoms with van der Waals surface area (Å²) in [6, 6.07) is 4.70. The minimum Gasteiger partial charge on any atom is -0.394 e. The smallest absolute Gasteiger partial charge is 0.245 e. The third kappa shape index (κ3) is 35.1. The first-order chi connectivity index (χ1) is 47.0. The number of primary amides is 1. The van der Waals surface area contributed by atoms with Gasteiger partial charge in [-0.05, 0) is 116 Å². The van der Waals surface area contributed by atoms with Crippen LogP contribution in [0.4, 0.5) is 0 Å². The second-order valence-electron chi connectivity index (χ2n) is 23.2. The van der Waals surface area contributed by atoms with Crippen LogP contribution in [-0.2, 0) is 68.7 Å². The van der Waals surface area contributed by atoms with Gasteiger partial charge in [-0.15, -0.1) is 0 Å². The molecule has 0 aromatic heterocycles. The van der Waals surface area contributed by atoms with Crippen LogP contribution in [0, 0.1) is 0 Å². The maximum absolute atomic E-state index is 14.1. The van der Waals surface area contributed by atoms with Crippen molar-refractivity contribution in [3.63, 3.8) is 0 Å². The molecule has 2 aromatic carbocycles. The van der Waals surface area contributed by atoms with Crippen LogP contribution in [0.3, 0.4) is 0 Å². The molecule has 0 saturated carbocycles. The SMILES string of the molecule is C[C@H](NC(=O)CNC(=O)[C@H](NC(=O)[C@H](Cc1ccccc1)NC(=O)CNC(=O)CNC(=O)CN[C@@H](C)c1ccccc1)[C@@H](C)O)C(=O)N[C@@H](CCCN=C(N)N)C(=O)N[C@@H](CCCCN)C(=O)N[C@@H](CO)C(=O)N[C@@H](C)C(=O)N[C@@H](CCCN=C(N)N)C(=O)N[C@@H](CCCCN)C(N)=O. The molecule has 0 radical (unpaired) electrons. The summed E-state index contributed by atoms with van der Waals surface area (Å²) in [6.45, 7) is 3.09. The van der Waals surface area contributed by atoms with Crippen molar-refractivity contribution in [3.05, 3.63) is 71.8 Å². The number of aliphatic hydroxyl groups excluding tert-OH is 2. The number of hydrogen-bond donors (Lipinski definition) is 22. The molecule has 37 heteroatoms. The Balaban J connectivity index is 2.16. The fourth-order valence-electron chi connectivity index (χ4n) is 9.26. The van der Waals surface area contributed by atoms with E-state index in [1.165, 1.54) is 20.8 Å². The maximum atomic E-state index is 14.1. The molecule has 550 valence electrons. The molecule has 2 rings (SSSR count). The highest BCUT2D eigenvalue weighted by Gasteiger charge is 2.34. The molecule has 0 aliphatic heterocycles. The van der Waals surface area contributed by atoms with Gasteiger partial charge in [0, 0.05) is 25.6 Å². The molecule has 0 fully saturated rings. The van der Waals surface area contributed by atoms with E-state index < -0.39 is 164 Å². The Morgan fingerprint density at radius 1 is 0.414 bits per heavy atom. The Morgan fingerprint density at radius 3 is 1.30 bits per heavy atom. The minimum absolute atomic E-state index is 0.0232. The number of nitrogens with zero attached hydrogens (tertiary/aromatic N) is 2. The van der Waals surface area contributed by atoms with Crippen molar-refractivity contribution in [3.8, 4) is 0 Å². The Morgan fingerprint density at radius 2 is 0.818 bits per heavy atom. The number of nitrogens with two attached hydrogens (primary N) is 7. The van der Waals surface area contributed by atoms with E-state index in [2.05, 4.69) is 79.1 Å². The van der Waals surface area contributed by atoms with Gasteiger partial charge in [-0.25, -0.2) is 0 Å². The Labute approximate surface area is 574 Å². The average molecular weight is 1400 g/mol. The summed E-state index contributed by atoms with van der Waals surface area (Å²) in [5.41, 5.74) is 40.2. The third-order valence-corrected chi connectivity index (χ3v) is 14.9. The minimum atomic E-state index is -1.73. The molecular formula is C62H102N22O15. The van der Waals surface area contributed by atoms with Gasteiger partial charge in [-0.3, -0.25) is 72.3 Å². The van der Waals surface area contributed by atoms with Crippen LogP contribution in [0.2, 0.25) is 0 Å². The van der Waals surface area contributed by atoms with Gasteiger partial charge in [0.1, 0.15) is 54.4 Å². The molecule has 0 aliphatic rings. The molecule has 11 atom stereocenters. The standard InChI is InChI=1S/C62H102N22O15/c1-35(40-19-9-6-10-20-40)72-30-47(87)73-31-48(88)74-32-50(90)78-45(29-39-17-7-5-8-18-39)58(97)84-51(38(4)86)60(99)75-33-49(89)76-36(2)53(92)80-44(24-16-28-71-62(68)69)56(95)82-42(22-12-14-26-64)57(96)83-46(34-85)59(98)77-37(3)54(93)81-43(23-15-27-70-61(66)67)55(94)79-41(52(65)91)21-11-13-25-63/h5-10,17-20,35-38,41-46,51,72,85-86H,11-16,21-34,63-64H2,1-4H3,(H2,65,91)(H,73,87)(H,74,88)(H,75,99)(H,76,89)(H,77,98)(H,78,90)(H,79,94)(H,80,92)(H,81,93)(H,82,95)(H,83,96)(H,84,97)(H4,66,67,70)(H4,68,69,71)/t35-,36-,37-,38+,41-,42-,43-,44-,45-,46-,51+/m0/s1. The summed E-state index contributed by atoms with van der Waals surface area (Å²) in [6.07, 6.45) is 0.0588. The summed E-state index contributed by atoms with van der Waals surface area (Å²) in [5.74, 6) is -11.9. The van der Waals surface area contributed by atoms with Crippen molar-refractivity contribution in [1.82, 2.24) is 69.1 Å². The van der Waals surface area contributed by atoms with Crippen LogP contribution in [0.15, 0.2) is 70.6 Å². The Kier molecular flexibility index (Phi) is 40.3. The van der Waals surface area contributed by atoms with Gasteiger partial charge in [0.05, 0.1) is 38.9 Å². The fourth-order valence-corrected chi connectivity index (χ4v) is 9.26. The molecule has 0 heterocycles. The quantitative estimate of drug-likeness (QED) is 0.0166. The van der Waals surface area contributed by atoms with Crippen LogP contribution >= 0.6 is 0 Å². The molecule has 0 saturated heterocycles. The maximum Gasteiger partial charge on any atom is 0.245 e. The first kappa shape index (κ1) is 85.0. The van der Waals surface area contributed by atoms with E-state index in [-0.39, 0.29) is 95.5 Å². The van der Waals surface area contributed by atoms with Crippen molar-refractivity contribution in [1.29, 1.82) is 0 Å². The van der Waals surface area contributed by atoms with Crippen LogP contribution in [0.5, 0.6) is 0 Å². The van der Waals surface area contributed by atoms with Crippen molar-refractivity contribution in [2.75, 3.05) is 59.0 Å². The Hall–Kier alpha value is -10.1. The lowest BCUT2D eigenvalue weighted by Gasteiger charge is -2.26. The van der Waals surface area contributed by atoms with E-state index in [9.17, 15) is 72.5 Å². The largest absolute Gasteiger partial charge is 0.394 e. The van der Waals surface area contributed by atoms with Crippen LogP contribution in [0.25, 0.3) is 0 Å². The highest BCUT2D eigenvalue weighted by Crippen LogP contribution is 2.12. The third-order valence-electron chi connectivity index (χ3n) is 14.9. The van der Waals surface area contributed by atoms with E-state index in [4.69, 9.17) is 40.1 Å².